The van der Waals surface area contributed by atoms with Crippen molar-refractivity contribution in [3.63, 3.8) is 0 Å². The smallest absolute Gasteiger partial charge is 0.255 e. The third-order valence-corrected chi connectivity index (χ3v) is 5.34. The molecule has 3 aromatic rings. The topological polar surface area (TPSA) is 48.5 Å². The predicted octanol–water partition coefficient (Wildman–Crippen LogP) is 3.89. The van der Waals surface area contributed by atoms with Gasteiger partial charge in [0, 0.05) is 65.6 Å². The molecule has 1 aliphatic heterocycles. The molecular weight excluding hydrogens is 360 g/mol. The summed E-state index contributed by atoms with van der Waals surface area (Å²) in [7, 11) is 2.14. The second-order valence-electron chi connectivity index (χ2n) is 6.81. The number of anilines is 2. The van der Waals surface area contributed by atoms with E-state index >= 15 is 0 Å². The van der Waals surface area contributed by atoms with Gasteiger partial charge in [-0.1, -0.05) is 11.6 Å². The molecule has 1 aromatic heterocycles. The molecule has 0 unspecified atom stereocenters. The molecule has 1 N–H and O–H groups in total. The summed E-state index contributed by atoms with van der Waals surface area (Å²) >= 11 is 6.23. The minimum atomic E-state index is -0.146. The van der Waals surface area contributed by atoms with Crippen LogP contribution in [-0.4, -0.2) is 49.0 Å². The first-order valence-electron chi connectivity index (χ1n) is 8.99. The second kappa shape index (κ2) is 7.55. The van der Waals surface area contributed by atoms with Crippen LogP contribution < -0.4 is 10.2 Å². The molecule has 1 amide bonds. The highest BCUT2D eigenvalue weighted by atomic mass is 35.5. The fourth-order valence-corrected chi connectivity index (χ4v) is 3.57. The Bertz CT molecular complexity index is 966. The third-order valence-electron chi connectivity index (χ3n) is 5.01. The Hall–Kier alpha value is -2.63. The number of nitrogens with zero attached hydrogens (tertiary/aromatic N) is 3. The van der Waals surface area contributed by atoms with Gasteiger partial charge in [-0.05, 0) is 49.5 Å². The van der Waals surface area contributed by atoms with Crippen LogP contribution in [0.25, 0.3) is 10.8 Å². The Kier molecular flexibility index (Phi) is 4.97. The average Bonchev–Trinajstić information content (AvgIpc) is 2.71. The zero-order chi connectivity index (χ0) is 18.8. The van der Waals surface area contributed by atoms with Gasteiger partial charge in [0.15, 0.2) is 0 Å². The normalized spacial score (nSPS) is 15.1. The summed E-state index contributed by atoms with van der Waals surface area (Å²) in [5.41, 5.74) is 2.48. The van der Waals surface area contributed by atoms with E-state index < -0.39 is 0 Å². The number of hydrogen-bond donors (Lipinski definition) is 1. The molecule has 0 bridgehead atoms. The van der Waals surface area contributed by atoms with Crippen molar-refractivity contribution in [3.8, 4) is 0 Å². The fourth-order valence-electron chi connectivity index (χ4n) is 3.35. The number of carbonyl (C=O) groups excluding carboxylic acids is 1. The van der Waals surface area contributed by atoms with Crippen molar-refractivity contribution in [2.75, 3.05) is 43.4 Å². The average molecular weight is 381 g/mol. The Morgan fingerprint density at radius 3 is 2.48 bits per heavy atom. The van der Waals surface area contributed by atoms with Crippen LogP contribution in [0.4, 0.5) is 11.4 Å². The van der Waals surface area contributed by atoms with Crippen molar-refractivity contribution in [2.24, 2.45) is 0 Å². The number of fused-ring (bicyclic) bond motifs is 1. The summed E-state index contributed by atoms with van der Waals surface area (Å²) in [4.78, 5) is 21.5. The van der Waals surface area contributed by atoms with Crippen molar-refractivity contribution in [3.05, 3.63) is 65.4 Å². The SMILES string of the molecule is CN1CCN(c2ccc(C(=O)Nc3ccc(Cl)c4ccncc34)cc2)CC1. The van der Waals surface area contributed by atoms with Gasteiger partial charge in [-0.2, -0.15) is 0 Å². The number of amides is 1. The number of pyridine rings is 1. The van der Waals surface area contributed by atoms with Crippen LogP contribution in [-0.2, 0) is 0 Å². The molecule has 138 valence electrons. The fraction of sp³-hybridized carbons (Fsp3) is 0.238. The molecule has 2 heterocycles. The number of likely N-dealkylation sites (N-methyl/N-ethyl adjacent to an activating group) is 1. The summed E-state index contributed by atoms with van der Waals surface area (Å²) in [5.74, 6) is -0.146. The van der Waals surface area contributed by atoms with Crippen LogP contribution in [0, 0.1) is 0 Å². The molecule has 0 saturated carbocycles. The zero-order valence-corrected chi connectivity index (χ0v) is 15.9. The van der Waals surface area contributed by atoms with Gasteiger partial charge in [-0.3, -0.25) is 9.78 Å². The number of nitrogens with one attached hydrogen (secondary N) is 1. The first kappa shape index (κ1) is 17.8. The predicted molar refractivity (Wildman–Crippen MR) is 111 cm³/mol. The zero-order valence-electron chi connectivity index (χ0n) is 15.2. The Labute approximate surface area is 163 Å². The van der Waals surface area contributed by atoms with Crippen LogP contribution in [0.3, 0.4) is 0 Å². The van der Waals surface area contributed by atoms with Gasteiger partial charge >= 0.3 is 0 Å². The summed E-state index contributed by atoms with van der Waals surface area (Å²) in [5, 5.41) is 5.31. The van der Waals surface area contributed by atoms with E-state index in [1.165, 1.54) is 0 Å². The Morgan fingerprint density at radius 2 is 1.74 bits per heavy atom. The summed E-state index contributed by atoms with van der Waals surface area (Å²) in [6.07, 6.45) is 3.41. The summed E-state index contributed by atoms with van der Waals surface area (Å²) in [6, 6.07) is 13.2. The molecule has 5 nitrogen and oxygen atoms in total. The standard InChI is InChI=1S/C21H21ClN4O/c1-25-10-12-26(13-11-25)16-4-2-15(3-5-16)21(27)24-20-7-6-19(22)17-8-9-23-14-18(17)20/h2-9,14H,10-13H2,1H3,(H,24,27). The van der Waals surface area contributed by atoms with Crippen molar-refractivity contribution < 1.29 is 4.79 Å². The molecule has 4 rings (SSSR count). The van der Waals surface area contributed by atoms with E-state index in [1.807, 2.05) is 36.4 Å². The number of carbonyl (C=O) groups is 1. The van der Waals surface area contributed by atoms with E-state index in [1.54, 1.807) is 18.5 Å². The second-order valence-corrected chi connectivity index (χ2v) is 7.21. The Balaban J connectivity index is 1.51. The molecule has 1 saturated heterocycles. The van der Waals surface area contributed by atoms with E-state index in [0.29, 0.717) is 16.3 Å². The van der Waals surface area contributed by atoms with Gasteiger partial charge in [0.25, 0.3) is 5.91 Å². The first-order chi connectivity index (χ1) is 13.1. The lowest BCUT2D eigenvalue weighted by Gasteiger charge is -2.34. The molecule has 2 aromatic carbocycles. The number of halogens is 1. The van der Waals surface area contributed by atoms with E-state index in [2.05, 4.69) is 27.1 Å². The van der Waals surface area contributed by atoms with Crippen LogP contribution in [0.2, 0.25) is 5.02 Å². The van der Waals surface area contributed by atoms with Gasteiger partial charge in [0.05, 0.1) is 5.69 Å². The highest BCUT2D eigenvalue weighted by Gasteiger charge is 2.15. The van der Waals surface area contributed by atoms with E-state index in [9.17, 15) is 4.79 Å². The number of benzene rings is 2. The van der Waals surface area contributed by atoms with Crippen LogP contribution in [0.1, 0.15) is 10.4 Å². The number of hydrogen-bond acceptors (Lipinski definition) is 4. The van der Waals surface area contributed by atoms with Gasteiger partial charge in [0.2, 0.25) is 0 Å². The maximum Gasteiger partial charge on any atom is 0.255 e. The number of aromatic nitrogens is 1. The Morgan fingerprint density at radius 1 is 1.00 bits per heavy atom. The van der Waals surface area contributed by atoms with E-state index in [4.69, 9.17) is 11.6 Å². The highest BCUT2D eigenvalue weighted by molar-refractivity contribution is 6.36. The van der Waals surface area contributed by atoms with Crippen molar-refractivity contribution in [1.29, 1.82) is 0 Å². The molecule has 6 heteroatoms. The van der Waals surface area contributed by atoms with E-state index in [0.717, 1.165) is 42.6 Å². The molecule has 0 radical (unpaired) electrons. The van der Waals surface area contributed by atoms with Gasteiger partial charge < -0.3 is 15.1 Å². The van der Waals surface area contributed by atoms with Gasteiger partial charge in [-0.25, -0.2) is 0 Å². The maximum absolute atomic E-state index is 12.7. The van der Waals surface area contributed by atoms with Crippen LogP contribution in [0.5, 0.6) is 0 Å². The lowest BCUT2D eigenvalue weighted by molar-refractivity contribution is 0.102. The monoisotopic (exact) mass is 380 g/mol. The number of rotatable bonds is 3. The summed E-state index contributed by atoms with van der Waals surface area (Å²) < 4.78 is 0. The molecule has 0 atom stereocenters. The minimum Gasteiger partial charge on any atom is -0.369 e. The quantitative estimate of drug-likeness (QED) is 0.748. The molecule has 0 aliphatic carbocycles. The largest absolute Gasteiger partial charge is 0.369 e. The molecular formula is C21H21ClN4O. The number of piperazine rings is 1. The van der Waals surface area contributed by atoms with Crippen molar-refractivity contribution >= 4 is 39.7 Å². The molecule has 1 fully saturated rings. The lowest BCUT2D eigenvalue weighted by Crippen LogP contribution is -2.44. The molecule has 27 heavy (non-hydrogen) atoms. The molecule has 0 spiro atoms. The molecule has 1 aliphatic rings. The van der Waals surface area contributed by atoms with Gasteiger partial charge in [0.1, 0.15) is 0 Å². The summed E-state index contributed by atoms with van der Waals surface area (Å²) in [6.45, 7) is 4.12. The minimum absolute atomic E-state index is 0.146. The first-order valence-corrected chi connectivity index (χ1v) is 9.37. The maximum atomic E-state index is 12.7. The van der Waals surface area contributed by atoms with Crippen LogP contribution >= 0.6 is 11.6 Å². The van der Waals surface area contributed by atoms with Gasteiger partial charge in [-0.15, -0.1) is 0 Å². The van der Waals surface area contributed by atoms with E-state index in [-0.39, 0.29) is 5.91 Å². The highest BCUT2D eigenvalue weighted by Crippen LogP contribution is 2.29. The van der Waals surface area contributed by atoms with Crippen LogP contribution in [0.15, 0.2) is 54.9 Å². The lowest BCUT2D eigenvalue weighted by atomic mass is 10.1. The van der Waals surface area contributed by atoms with Crippen molar-refractivity contribution in [1.82, 2.24) is 9.88 Å². The third kappa shape index (κ3) is 3.75. The van der Waals surface area contributed by atoms with Crippen molar-refractivity contribution in [2.45, 2.75) is 0 Å².